The average molecular weight is 313 g/mol. The van der Waals surface area contributed by atoms with Crippen LogP contribution in [-0.2, 0) is 15.6 Å². The van der Waals surface area contributed by atoms with E-state index in [2.05, 4.69) is 15.9 Å². The highest BCUT2D eigenvalue weighted by Gasteiger charge is 2.53. The molecule has 4 heteroatoms. The van der Waals surface area contributed by atoms with Gasteiger partial charge in [-0.15, -0.1) is 0 Å². The number of phenolic OH excluding ortho intramolecular Hbond substituents is 1. The van der Waals surface area contributed by atoms with Crippen molar-refractivity contribution in [3.8, 4) is 5.75 Å². The van der Waals surface area contributed by atoms with Gasteiger partial charge in [0.15, 0.2) is 0 Å². The monoisotopic (exact) mass is 312 g/mol. The molecule has 0 amide bonds. The highest BCUT2D eigenvalue weighted by atomic mass is 79.9. The first kappa shape index (κ1) is 13.4. The van der Waals surface area contributed by atoms with Gasteiger partial charge in [-0.1, -0.05) is 36.7 Å². The number of hydrogen-bond donors (Lipinski definition) is 2. The fourth-order valence-corrected chi connectivity index (χ4v) is 2.72. The molecule has 0 heterocycles. The normalized spacial score (nSPS) is 17.6. The van der Waals surface area contributed by atoms with Crippen molar-refractivity contribution in [1.29, 1.82) is 0 Å². The van der Waals surface area contributed by atoms with E-state index in [9.17, 15) is 15.0 Å². The summed E-state index contributed by atoms with van der Waals surface area (Å²) in [6.07, 6.45) is 1.19. The minimum atomic E-state index is -0.881. The Kier molecular flexibility index (Phi) is 2.97. The first-order valence-corrected chi connectivity index (χ1v) is 6.75. The lowest BCUT2D eigenvalue weighted by atomic mass is 9.82. The van der Waals surface area contributed by atoms with Crippen LogP contribution in [0.1, 0.15) is 44.7 Å². The van der Waals surface area contributed by atoms with Crippen LogP contribution in [0.3, 0.4) is 0 Å². The van der Waals surface area contributed by atoms with Crippen LogP contribution in [0.25, 0.3) is 0 Å². The highest BCUT2D eigenvalue weighted by Crippen LogP contribution is 2.53. The second-order valence-electron chi connectivity index (χ2n) is 5.99. The summed E-state index contributed by atoms with van der Waals surface area (Å²) in [5.41, 5.74) is 0.208. The Bertz CT molecular complexity index is 511. The maximum atomic E-state index is 11.4. The molecule has 1 aliphatic carbocycles. The fourth-order valence-electron chi connectivity index (χ4n) is 2.26. The summed E-state index contributed by atoms with van der Waals surface area (Å²) in [5, 5.41) is 19.7. The number of benzene rings is 1. The zero-order chi connectivity index (χ0) is 13.7. The molecule has 1 fully saturated rings. The lowest BCUT2D eigenvalue weighted by Gasteiger charge is -2.24. The van der Waals surface area contributed by atoms with E-state index >= 15 is 0 Å². The van der Waals surface area contributed by atoms with E-state index in [0.717, 1.165) is 10.0 Å². The molecule has 0 unspecified atom stereocenters. The quantitative estimate of drug-likeness (QED) is 0.877. The van der Waals surface area contributed by atoms with Gasteiger partial charge in [0.1, 0.15) is 5.75 Å². The first-order chi connectivity index (χ1) is 8.18. The Balaban J connectivity index is 2.64. The van der Waals surface area contributed by atoms with Crippen LogP contribution < -0.4 is 0 Å². The molecule has 1 aromatic carbocycles. The van der Waals surface area contributed by atoms with Crippen molar-refractivity contribution in [2.24, 2.45) is 0 Å². The van der Waals surface area contributed by atoms with Gasteiger partial charge in [0.05, 0.1) is 5.41 Å². The van der Waals surface area contributed by atoms with E-state index in [0.29, 0.717) is 18.4 Å². The van der Waals surface area contributed by atoms with Crippen molar-refractivity contribution in [2.75, 3.05) is 0 Å². The van der Waals surface area contributed by atoms with E-state index < -0.39 is 11.4 Å². The van der Waals surface area contributed by atoms with Crippen LogP contribution >= 0.6 is 15.9 Å². The standard InChI is InChI=1S/C14H17BrO3/c1-13(2,3)9-6-8(15)7-10(11(9)16)14(4-5-14)12(17)18/h6-7,16H,4-5H2,1-3H3,(H,17,18). The summed E-state index contributed by atoms with van der Waals surface area (Å²) in [7, 11) is 0. The van der Waals surface area contributed by atoms with Crippen LogP contribution in [0, 0.1) is 0 Å². The van der Waals surface area contributed by atoms with E-state index in [1.54, 1.807) is 6.07 Å². The third-order valence-electron chi connectivity index (χ3n) is 3.56. The molecule has 0 spiro atoms. The molecule has 2 N–H and O–H groups in total. The molecule has 1 aliphatic rings. The highest BCUT2D eigenvalue weighted by molar-refractivity contribution is 9.10. The lowest BCUT2D eigenvalue weighted by molar-refractivity contribution is -0.140. The number of aliphatic carboxylic acids is 1. The second kappa shape index (κ2) is 3.98. The molecule has 98 valence electrons. The van der Waals surface area contributed by atoms with Crippen LogP contribution in [0.5, 0.6) is 5.75 Å². The third kappa shape index (κ3) is 2.03. The third-order valence-corrected chi connectivity index (χ3v) is 4.02. The number of halogens is 1. The Morgan fingerprint density at radius 2 is 1.89 bits per heavy atom. The maximum Gasteiger partial charge on any atom is 0.314 e. The van der Waals surface area contributed by atoms with Gasteiger partial charge in [0.2, 0.25) is 0 Å². The number of phenols is 1. The lowest BCUT2D eigenvalue weighted by Crippen LogP contribution is -2.21. The van der Waals surface area contributed by atoms with Crippen LogP contribution in [0.4, 0.5) is 0 Å². The van der Waals surface area contributed by atoms with E-state index in [1.807, 2.05) is 26.8 Å². The summed E-state index contributed by atoms with van der Waals surface area (Å²) in [6.45, 7) is 6.00. The zero-order valence-corrected chi connectivity index (χ0v) is 12.3. The van der Waals surface area contributed by atoms with Crippen molar-refractivity contribution < 1.29 is 15.0 Å². The Morgan fingerprint density at radius 3 is 2.28 bits per heavy atom. The zero-order valence-electron chi connectivity index (χ0n) is 10.7. The van der Waals surface area contributed by atoms with Crippen LogP contribution in [-0.4, -0.2) is 16.2 Å². The molecule has 18 heavy (non-hydrogen) atoms. The molecular formula is C14H17BrO3. The number of carboxylic acid groups (broad SMARTS) is 1. The largest absolute Gasteiger partial charge is 0.507 e. The summed E-state index contributed by atoms with van der Waals surface area (Å²) < 4.78 is 0.813. The number of aromatic hydroxyl groups is 1. The SMILES string of the molecule is CC(C)(C)c1cc(Br)cc(C2(C(=O)O)CC2)c1O. The molecule has 0 saturated heterocycles. The van der Waals surface area contributed by atoms with Gasteiger partial charge in [0, 0.05) is 15.6 Å². The minimum absolute atomic E-state index is 0.130. The Labute approximate surface area is 115 Å². The van der Waals surface area contributed by atoms with Crippen molar-refractivity contribution in [2.45, 2.75) is 44.4 Å². The number of carboxylic acids is 1. The van der Waals surface area contributed by atoms with Gasteiger partial charge >= 0.3 is 5.97 Å². The van der Waals surface area contributed by atoms with E-state index in [-0.39, 0.29) is 11.2 Å². The van der Waals surface area contributed by atoms with Crippen molar-refractivity contribution in [3.05, 3.63) is 27.7 Å². The molecule has 0 bridgehead atoms. The summed E-state index contributed by atoms with van der Waals surface area (Å²) >= 11 is 3.40. The number of hydrogen-bond acceptors (Lipinski definition) is 2. The topological polar surface area (TPSA) is 57.5 Å². The predicted molar refractivity (Wildman–Crippen MR) is 73.1 cm³/mol. The van der Waals surface area contributed by atoms with Gasteiger partial charge in [-0.25, -0.2) is 0 Å². The summed E-state index contributed by atoms with van der Waals surface area (Å²) in [6, 6.07) is 3.59. The Morgan fingerprint density at radius 1 is 1.33 bits per heavy atom. The van der Waals surface area contributed by atoms with Crippen molar-refractivity contribution in [3.63, 3.8) is 0 Å². The molecule has 0 atom stereocenters. The molecule has 0 aliphatic heterocycles. The molecule has 0 aromatic heterocycles. The fraction of sp³-hybridized carbons (Fsp3) is 0.500. The van der Waals surface area contributed by atoms with Gasteiger partial charge in [0.25, 0.3) is 0 Å². The molecule has 1 saturated carbocycles. The molecular weight excluding hydrogens is 296 g/mol. The molecule has 3 nitrogen and oxygen atoms in total. The van der Waals surface area contributed by atoms with Crippen LogP contribution in [0.15, 0.2) is 16.6 Å². The maximum absolute atomic E-state index is 11.4. The number of rotatable bonds is 2. The van der Waals surface area contributed by atoms with Gasteiger partial charge in [-0.3, -0.25) is 4.79 Å². The van der Waals surface area contributed by atoms with E-state index in [1.165, 1.54) is 0 Å². The van der Waals surface area contributed by atoms with Gasteiger partial charge in [-0.05, 0) is 30.4 Å². The molecule has 0 radical (unpaired) electrons. The van der Waals surface area contributed by atoms with E-state index in [4.69, 9.17) is 0 Å². The van der Waals surface area contributed by atoms with Gasteiger partial charge < -0.3 is 10.2 Å². The second-order valence-corrected chi connectivity index (χ2v) is 6.90. The smallest absolute Gasteiger partial charge is 0.314 e. The van der Waals surface area contributed by atoms with Crippen LogP contribution in [0.2, 0.25) is 0 Å². The minimum Gasteiger partial charge on any atom is -0.507 e. The number of carbonyl (C=O) groups is 1. The summed E-state index contributed by atoms with van der Waals surface area (Å²) in [4.78, 5) is 11.4. The Hall–Kier alpha value is -1.03. The predicted octanol–water partition coefficient (Wildman–Crippen LogP) is 3.57. The first-order valence-electron chi connectivity index (χ1n) is 5.95. The molecule has 1 aromatic rings. The van der Waals surface area contributed by atoms with Crippen molar-refractivity contribution >= 4 is 21.9 Å². The van der Waals surface area contributed by atoms with Gasteiger partial charge in [-0.2, -0.15) is 0 Å². The average Bonchev–Trinajstić information content (AvgIpc) is 3.00. The van der Waals surface area contributed by atoms with Crippen molar-refractivity contribution in [1.82, 2.24) is 0 Å². The summed E-state index contributed by atoms with van der Waals surface area (Å²) in [5.74, 6) is -0.721. The molecule has 2 rings (SSSR count).